The number of carbonyl (C=O) groups excluding carboxylic acids is 1. The van der Waals surface area contributed by atoms with Gasteiger partial charge in [-0.05, 0) is 32.3 Å². The van der Waals surface area contributed by atoms with E-state index in [1.165, 1.54) is 11.3 Å². The zero-order chi connectivity index (χ0) is 17.3. The van der Waals surface area contributed by atoms with Crippen LogP contribution in [0.5, 0.6) is 0 Å². The number of piperidine rings is 1. The Kier molecular flexibility index (Phi) is 4.66. The van der Waals surface area contributed by atoms with E-state index in [-0.39, 0.29) is 18.5 Å². The lowest BCUT2D eigenvalue weighted by Gasteiger charge is -2.36. The predicted molar refractivity (Wildman–Crippen MR) is 93.1 cm³/mol. The number of aryl methyl sites for hydroxylation is 1. The molecule has 0 saturated carbocycles. The number of hydrogen-bond acceptors (Lipinski definition) is 4. The molecule has 0 radical (unpaired) electrons. The van der Waals surface area contributed by atoms with E-state index < -0.39 is 11.9 Å². The number of aliphatic carboxylic acids is 1. The van der Waals surface area contributed by atoms with Crippen molar-refractivity contribution in [3.05, 3.63) is 40.9 Å². The third-order valence-corrected chi connectivity index (χ3v) is 5.47. The summed E-state index contributed by atoms with van der Waals surface area (Å²) in [4.78, 5) is 30.2. The predicted octanol–water partition coefficient (Wildman–Crippen LogP) is 3.44. The van der Waals surface area contributed by atoms with Gasteiger partial charge in [-0.2, -0.15) is 0 Å². The number of rotatable bonds is 3. The van der Waals surface area contributed by atoms with Gasteiger partial charge in [-0.3, -0.25) is 9.59 Å². The maximum atomic E-state index is 12.8. The van der Waals surface area contributed by atoms with E-state index in [9.17, 15) is 14.7 Å². The van der Waals surface area contributed by atoms with Crippen molar-refractivity contribution in [2.24, 2.45) is 5.92 Å². The first-order valence-electron chi connectivity index (χ1n) is 8.02. The van der Waals surface area contributed by atoms with Gasteiger partial charge in [0.05, 0.1) is 5.92 Å². The monoisotopic (exact) mass is 344 g/mol. The summed E-state index contributed by atoms with van der Waals surface area (Å²) in [6.45, 7) is 4.24. The molecule has 1 N–H and O–H groups in total. The summed E-state index contributed by atoms with van der Waals surface area (Å²) >= 11 is 1.44. The van der Waals surface area contributed by atoms with Gasteiger partial charge in [-0.1, -0.05) is 24.3 Å². The number of carboxylic acid groups (broad SMARTS) is 1. The number of aromatic nitrogens is 1. The molecular weight excluding hydrogens is 324 g/mol. The van der Waals surface area contributed by atoms with Crippen molar-refractivity contribution >= 4 is 23.2 Å². The summed E-state index contributed by atoms with van der Waals surface area (Å²) in [7, 11) is 0. The number of likely N-dealkylation sites (tertiary alicyclic amines) is 1. The van der Waals surface area contributed by atoms with Crippen molar-refractivity contribution in [3.8, 4) is 10.6 Å². The Hall–Kier alpha value is -2.21. The van der Waals surface area contributed by atoms with E-state index in [0.29, 0.717) is 18.5 Å². The summed E-state index contributed by atoms with van der Waals surface area (Å²) in [5.74, 6) is -1.50. The van der Waals surface area contributed by atoms with Crippen molar-refractivity contribution in [1.29, 1.82) is 0 Å². The van der Waals surface area contributed by atoms with Crippen LogP contribution in [0.1, 0.15) is 35.8 Å². The zero-order valence-electron chi connectivity index (χ0n) is 13.7. The number of thiazole rings is 1. The summed E-state index contributed by atoms with van der Waals surface area (Å²) < 4.78 is 0. The highest BCUT2D eigenvalue weighted by molar-refractivity contribution is 7.13. The smallest absolute Gasteiger partial charge is 0.308 e. The molecule has 1 aromatic carbocycles. The van der Waals surface area contributed by atoms with Crippen LogP contribution in [0.4, 0.5) is 0 Å². The normalized spacial score (nSPS) is 20.8. The molecule has 0 aliphatic carbocycles. The van der Waals surface area contributed by atoms with Crippen LogP contribution in [-0.2, 0) is 4.79 Å². The average molecular weight is 344 g/mol. The lowest BCUT2D eigenvalue weighted by atomic mass is 9.93. The molecule has 0 bridgehead atoms. The average Bonchev–Trinajstić information content (AvgIpc) is 3.04. The summed E-state index contributed by atoms with van der Waals surface area (Å²) in [5, 5.41) is 11.8. The highest BCUT2D eigenvalue weighted by Gasteiger charge is 2.33. The molecule has 126 valence electrons. The molecule has 3 rings (SSSR count). The molecule has 2 unspecified atom stereocenters. The van der Waals surface area contributed by atoms with Crippen molar-refractivity contribution < 1.29 is 14.7 Å². The van der Waals surface area contributed by atoms with E-state index in [0.717, 1.165) is 16.1 Å². The molecule has 6 heteroatoms. The van der Waals surface area contributed by atoms with Crippen LogP contribution in [0, 0.1) is 12.8 Å². The molecule has 1 saturated heterocycles. The number of carboxylic acids is 1. The molecule has 0 spiro atoms. The summed E-state index contributed by atoms with van der Waals surface area (Å²) in [6.07, 6.45) is 1.32. The molecule has 2 atom stereocenters. The highest BCUT2D eigenvalue weighted by Crippen LogP contribution is 2.29. The fourth-order valence-corrected chi connectivity index (χ4v) is 3.93. The lowest BCUT2D eigenvalue weighted by molar-refractivity contribution is -0.143. The minimum Gasteiger partial charge on any atom is -0.481 e. The van der Waals surface area contributed by atoms with Gasteiger partial charge in [-0.15, -0.1) is 11.3 Å². The van der Waals surface area contributed by atoms with E-state index in [1.54, 1.807) is 10.3 Å². The SMILES string of the molecule is Cc1ccccc1-c1nc(C(=O)N2CC(C(=O)O)CCC2C)cs1. The number of amides is 1. The first-order chi connectivity index (χ1) is 11.5. The van der Waals surface area contributed by atoms with Gasteiger partial charge in [0.2, 0.25) is 0 Å². The minimum absolute atomic E-state index is 0.0386. The Bertz CT molecular complexity index is 771. The number of benzene rings is 1. The number of nitrogens with zero attached hydrogens (tertiary/aromatic N) is 2. The maximum absolute atomic E-state index is 12.8. The van der Waals surface area contributed by atoms with Crippen LogP contribution in [0.3, 0.4) is 0 Å². The third-order valence-electron chi connectivity index (χ3n) is 4.59. The van der Waals surface area contributed by atoms with E-state index in [2.05, 4.69) is 4.98 Å². The Morgan fingerprint density at radius 3 is 2.75 bits per heavy atom. The van der Waals surface area contributed by atoms with Crippen LogP contribution in [0.25, 0.3) is 10.6 Å². The van der Waals surface area contributed by atoms with Gasteiger partial charge in [0.1, 0.15) is 10.7 Å². The Labute approximate surface area is 145 Å². The van der Waals surface area contributed by atoms with Gasteiger partial charge >= 0.3 is 5.97 Å². The van der Waals surface area contributed by atoms with Crippen molar-refractivity contribution in [3.63, 3.8) is 0 Å². The number of carbonyl (C=O) groups is 2. The fraction of sp³-hybridized carbons (Fsp3) is 0.389. The molecular formula is C18H20N2O3S. The quantitative estimate of drug-likeness (QED) is 0.926. The molecule has 24 heavy (non-hydrogen) atoms. The number of hydrogen-bond donors (Lipinski definition) is 1. The van der Waals surface area contributed by atoms with Gasteiger partial charge in [0.15, 0.2) is 0 Å². The Morgan fingerprint density at radius 1 is 1.29 bits per heavy atom. The second-order valence-corrected chi connectivity index (χ2v) is 7.13. The van der Waals surface area contributed by atoms with Crippen LogP contribution >= 0.6 is 11.3 Å². The third kappa shape index (κ3) is 3.19. The zero-order valence-corrected chi connectivity index (χ0v) is 14.5. The summed E-state index contributed by atoms with van der Waals surface area (Å²) in [5.41, 5.74) is 2.54. The van der Waals surface area contributed by atoms with Crippen LogP contribution in [-0.4, -0.2) is 39.5 Å². The molecule has 1 aliphatic heterocycles. The van der Waals surface area contributed by atoms with E-state index in [1.807, 2.05) is 38.1 Å². The Balaban J connectivity index is 1.83. The summed E-state index contributed by atoms with van der Waals surface area (Å²) in [6, 6.07) is 7.97. The maximum Gasteiger partial charge on any atom is 0.308 e. The second-order valence-electron chi connectivity index (χ2n) is 6.27. The second kappa shape index (κ2) is 6.73. The first kappa shape index (κ1) is 16.6. The molecule has 1 aromatic heterocycles. The highest BCUT2D eigenvalue weighted by atomic mass is 32.1. The largest absolute Gasteiger partial charge is 0.481 e. The van der Waals surface area contributed by atoms with E-state index in [4.69, 9.17) is 0 Å². The van der Waals surface area contributed by atoms with Crippen molar-refractivity contribution in [2.45, 2.75) is 32.7 Å². The molecule has 1 aliphatic rings. The standard InChI is InChI=1S/C18H20N2O3S/c1-11-5-3-4-6-14(11)16-19-15(10-24-16)17(21)20-9-13(18(22)23)8-7-12(20)2/h3-6,10,12-13H,7-9H2,1-2H3,(H,22,23). The topological polar surface area (TPSA) is 70.5 Å². The molecule has 2 aromatic rings. The van der Waals surface area contributed by atoms with Crippen LogP contribution < -0.4 is 0 Å². The van der Waals surface area contributed by atoms with Crippen LogP contribution in [0.2, 0.25) is 0 Å². The van der Waals surface area contributed by atoms with Gasteiger partial charge in [-0.25, -0.2) is 4.98 Å². The van der Waals surface area contributed by atoms with Crippen LogP contribution in [0.15, 0.2) is 29.6 Å². The fourth-order valence-electron chi connectivity index (χ4n) is 3.05. The van der Waals surface area contributed by atoms with Gasteiger partial charge < -0.3 is 10.0 Å². The minimum atomic E-state index is -0.835. The lowest BCUT2D eigenvalue weighted by Crippen LogP contribution is -2.47. The molecule has 1 fully saturated rings. The van der Waals surface area contributed by atoms with Crippen molar-refractivity contribution in [1.82, 2.24) is 9.88 Å². The molecule has 2 heterocycles. The first-order valence-corrected chi connectivity index (χ1v) is 8.90. The Morgan fingerprint density at radius 2 is 2.04 bits per heavy atom. The van der Waals surface area contributed by atoms with Crippen molar-refractivity contribution in [2.75, 3.05) is 6.54 Å². The molecule has 1 amide bonds. The van der Waals surface area contributed by atoms with E-state index >= 15 is 0 Å². The van der Waals surface area contributed by atoms with Gasteiger partial charge in [0, 0.05) is 23.5 Å². The molecule has 5 nitrogen and oxygen atoms in total. The van der Waals surface area contributed by atoms with Gasteiger partial charge in [0.25, 0.3) is 5.91 Å².